The van der Waals surface area contributed by atoms with Gasteiger partial charge in [-0.1, -0.05) is 36.4 Å². The Bertz CT molecular complexity index is 577. The number of carbonyl (C=O) groups excluding carboxylic acids is 1. The number of benzene rings is 2. The smallest absolute Gasteiger partial charge is 0.255 e. The predicted octanol–water partition coefficient (Wildman–Crippen LogP) is 2.29. The number of nitrogens with zero attached hydrogens (tertiary/aromatic N) is 1. The number of amides is 1. The molecule has 0 bridgehead atoms. The maximum Gasteiger partial charge on any atom is 0.255 e. The molecule has 0 radical (unpaired) electrons. The molecule has 1 aliphatic heterocycles. The van der Waals surface area contributed by atoms with Crippen LogP contribution in [0.2, 0.25) is 0 Å². The first kappa shape index (κ1) is 9.36. The molecule has 0 atom stereocenters. The summed E-state index contributed by atoms with van der Waals surface area (Å²) in [6, 6.07) is 12.0. The second-order valence-corrected chi connectivity index (χ2v) is 3.84. The highest BCUT2D eigenvalue weighted by Gasteiger charge is 2.29. The first-order chi connectivity index (χ1) is 7.81. The third-order valence-corrected chi connectivity index (χ3v) is 2.94. The van der Waals surface area contributed by atoms with Gasteiger partial charge in [0.15, 0.2) is 0 Å². The summed E-state index contributed by atoms with van der Waals surface area (Å²) in [5.74, 6) is -0.00569. The van der Waals surface area contributed by atoms with Crippen LogP contribution in [0.4, 0.5) is 5.69 Å². The topological polar surface area (TPSA) is 29.5 Å². The van der Waals surface area contributed by atoms with Crippen molar-refractivity contribution in [2.45, 2.75) is 6.42 Å². The third-order valence-electron chi connectivity index (χ3n) is 2.94. The van der Waals surface area contributed by atoms with Crippen molar-refractivity contribution >= 4 is 22.4 Å². The molecule has 3 rings (SSSR count). The molecule has 0 fully saturated rings. The van der Waals surface area contributed by atoms with Gasteiger partial charge in [0.2, 0.25) is 0 Å². The lowest BCUT2D eigenvalue weighted by Gasteiger charge is -2.15. The van der Waals surface area contributed by atoms with Crippen LogP contribution >= 0.6 is 0 Å². The highest BCUT2D eigenvalue weighted by molar-refractivity contribution is 6.09. The van der Waals surface area contributed by atoms with Gasteiger partial charge in [0, 0.05) is 5.39 Å². The van der Waals surface area contributed by atoms with Gasteiger partial charge in [-0.25, -0.2) is 0 Å². The van der Waals surface area contributed by atoms with E-state index in [9.17, 15) is 4.79 Å². The van der Waals surface area contributed by atoms with Crippen molar-refractivity contribution < 1.29 is 9.63 Å². The fourth-order valence-corrected chi connectivity index (χ4v) is 2.24. The molecule has 0 aromatic heterocycles. The van der Waals surface area contributed by atoms with E-state index in [0.717, 1.165) is 22.0 Å². The van der Waals surface area contributed by atoms with E-state index in [-0.39, 0.29) is 5.91 Å². The summed E-state index contributed by atoms with van der Waals surface area (Å²) in [6.07, 6.45) is 0.425. The maximum absolute atomic E-state index is 11.7. The van der Waals surface area contributed by atoms with Crippen molar-refractivity contribution in [1.29, 1.82) is 0 Å². The summed E-state index contributed by atoms with van der Waals surface area (Å²) in [4.78, 5) is 16.8. The molecule has 0 unspecified atom stereocenters. The van der Waals surface area contributed by atoms with E-state index in [1.807, 2.05) is 36.4 Å². The molecule has 0 spiro atoms. The van der Waals surface area contributed by atoms with Crippen LogP contribution in [0.25, 0.3) is 10.8 Å². The summed E-state index contributed by atoms with van der Waals surface area (Å²) in [5, 5.41) is 3.57. The van der Waals surface area contributed by atoms with E-state index in [1.54, 1.807) is 0 Å². The standard InChI is InChI=1S/C13H11NO2/c1-16-14-12(15)8-10-7-6-9-4-2-3-5-11(9)13(10)14/h2-7H,8H2,1H3. The normalized spacial score (nSPS) is 14.6. The van der Waals surface area contributed by atoms with Crippen molar-refractivity contribution in [2.24, 2.45) is 0 Å². The molecule has 3 nitrogen and oxygen atoms in total. The largest absolute Gasteiger partial charge is 0.272 e. The first-order valence-electron chi connectivity index (χ1n) is 5.19. The average Bonchev–Trinajstić information content (AvgIpc) is 2.65. The summed E-state index contributed by atoms with van der Waals surface area (Å²) in [5.41, 5.74) is 1.93. The minimum Gasteiger partial charge on any atom is -0.272 e. The predicted molar refractivity (Wildman–Crippen MR) is 62.1 cm³/mol. The lowest BCUT2D eigenvalue weighted by atomic mass is 10.0. The SMILES string of the molecule is CON1C(=O)Cc2ccc3ccccc3c21. The van der Waals surface area contributed by atoms with Gasteiger partial charge in [0.1, 0.15) is 0 Å². The zero-order chi connectivity index (χ0) is 11.1. The Hall–Kier alpha value is -1.87. The summed E-state index contributed by atoms with van der Waals surface area (Å²) >= 11 is 0. The first-order valence-corrected chi connectivity index (χ1v) is 5.19. The van der Waals surface area contributed by atoms with Crippen molar-refractivity contribution in [2.75, 3.05) is 12.2 Å². The quantitative estimate of drug-likeness (QED) is 0.727. The van der Waals surface area contributed by atoms with Gasteiger partial charge in [-0.05, 0) is 10.9 Å². The molecule has 2 aromatic rings. The highest BCUT2D eigenvalue weighted by Crippen LogP contribution is 2.36. The molecule has 0 N–H and O–H groups in total. The average molecular weight is 213 g/mol. The van der Waals surface area contributed by atoms with Gasteiger partial charge in [-0.2, -0.15) is 5.06 Å². The van der Waals surface area contributed by atoms with E-state index in [2.05, 4.69) is 0 Å². The molecular formula is C13H11NO2. The molecule has 2 aromatic carbocycles. The van der Waals surface area contributed by atoms with Crippen molar-refractivity contribution in [3.63, 3.8) is 0 Å². The monoisotopic (exact) mass is 213 g/mol. The fraction of sp³-hybridized carbons (Fsp3) is 0.154. The number of carbonyl (C=O) groups is 1. The second kappa shape index (κ2) is 3.32. The Morgan fingerprint density at radius 2 is 2.00 bits per heavy atom. The Morgan fingerprint density at radius 1 is 1.19 bits per heavy atom. The van der Waals surface area contributed by atoms with Gasteiger partial charge in [-0.3, -0.25) is 9.63 Å². The Kier molecular flexibility index (Phi) is 1.94. The van der Waals surface area contributed by atoms with Gasteiger partial charge in [-0.15, -0.1) is 0 Å². The van der Waals surface area contributed by atoms with Crippen molar-refractivity contribution in [1.82, 2.24) is 0 Å². The van der Waals surface area contributed by atoms with E-state index < -0.39 is 0 Å². The number of hydrogen-bond donors (Lipinski definition) is 0. The van der Waals surface area contributed by atoms with Crippen LogP contribution in [-0.4, -0.2) is 13.0 Å². The lowest BCUT2D eigenvalue weighted by molar-refractivity contribution is -0.123. The van der Waals surface area contributed by atoms with Crippen LogP contribution in [0.15, 0.2) is 36.4 Å². The number of anilines is 1. The molecule has 0 aliphatic carbocycles. The molecule has 0 saturated carbocycles. The molecule has 1 amide bonds. The molecule has 3 heteroatoms. The molecule has 80 valence electrons. The van der Waals surface area contributed by atoms with Gasteiger partial charge in [0.05, 0.1) is 19.2 Å². The van der Waals surface area contributed by atoms with Gasteiger partial charge < -0.3 is 0 Å². The Labute approximate surface area is 93.2 Å². The van der Waals surface area contributed by atoms with Crippen molar-refractivity contribution in [3.8, 4) is 0 Å². The summed E-state index contributed by atoms with van der Waals surface area (Å²) < 4.78 is 0. The van der Waals surface area contributed by atoms with E-state index in [4.69, 9.17) is 4.84 Å². The number of hydrogen-bond acceptors (Lipinski definition) is 2. The van der Waals surface area contributed by atoms with Crippen LogP contribution in [0.5, 0.6) is 0 Å². The van der Waals surface area contributed by atoms with Crippen LogP contribution in [0, 0.1) is 0 Å². The van der Waals surface area contributed by atoms with Gasteiger partial charge >= 0.3 is 0 Å². The summed E-state index contributed by atoms with van der Waals surface area (Å²) in [7, 11) is 1.52. The molecule has 16 heavy (non-hydrogen) atoms. The highest BCUT2D eigenvalue weighted by atomic mass is 16.7. The number of hydroxylamine groups is 1. The Balaban J connectivity index is 2.35. The lowest BCUT2D eigenvalue weighted by Crippen LogP contribution is -2.25. The molecular weight excluding hydrogens is 202 g/mol. The minimum absolute atomic E-state index is 0.00569. The summed E-state index contributed by atoms with van der Waals surface area (Å²) in [6.45, 7) is 0. The fourth-order valence-electron chi connectivity index (χ4n) is 2.24. The van der Waals surface area contributed by atoms with Crippen LogP contribution in [0.1, 0.15) is 5.56 Å². The van der Waals surface area contributed by atoms with E-state index >= 15 is 0 Å². The maximum atomic E-state index is 11.7. The number of rotatable bonds is 1. The van der Waals surface area contributed by atoms with Crippen LogP contribution < -0.4 is 5.06 Å². The zero-order valence-corrected chi connectivity index (χ0v) is 8.93. The zero-order valence-electron chi connectivity index (χ0n) is 8.93. The Morgan fingerprint density at radius 3 is 2.81 bits per heavy atom. The number of fused-ring (bicyclic) bond motifs is 3. The molecule has 1 aliphatic rings. The minimum atomic E-state index is -0.00569. The van der Waals surface area contributed by atoms with Crippen molar-refractivity contribution in [3.05, 3.63) is 42.0 Å². The van der Waals surface area contributed by atoms with Crippen LogP contribution in [-0.2, 0) is 16.1 Å². The van der Waals surface area contributed by atoms with Gasteiger partial charge in [0.25, 0.3) is 5.91 Å². The van der Waals surface area contributed by atoms with Crippen LogP contribution in [0.3, 0.4) is 0 Å². The second-order valence-electron chi connectivity index (χ2n) is 3.84. The van der Waals surface area contributed by atoms with E-state index in [0.29, 0.717) is 6.42 Å². The molecule has 1 heterocycles. The van der Waals surface area contributed by atoms with E-state index in [1.165, 1.54) is 12.2 Å². The third kappa shape index (κ3) is 1.15. The molecule has 0 saturated heterocycles.